The molecule has 0 atom stereocenters. The summed E-state index contributed by atoms with van der Waals surface area (Å²) in [4.78, 5) is 13.0. The summed E-state index contributed by atoms with van der Waals surface area (Å²) in [6.45, 7) is 11.7. The van der Waals surface area contributed by atoms with Crippen LogP contribution in [0, 0.1) is 5.41 Å². The largest absolute Gasteiger partial charge is 0.379 e. The van der Waals surface area contributed by atoms with Crippen LogP contribution in [0.3, 0.4) is 0 Å². The number of rotatable bonds is 3. The van der Waals surface area contributed by atoms with Gasteiger partial charge in [-0.1, -0.05) is 51.1 Å². The number of hydrogen-bond acceptors (Lipinski definition) is 4. The normalized spacial score (nSPS) is 18.2. The summed E-state index contributed by atoms with van der Waals surface area (Å²) >= 11 is 0. The van der Waals surface area contributed by atoms with Crippen LogP contribution in [0.25, 0.3) is 4.91 Å². The van der Waals surface area contributed by atoms with Gasteiger partial charge in [-0.25, -0.2) is 12.7 Å². The van der Waals surface area contributed by atoms with Crippen molar-refractivity contribution < 1.29 is 13.2 Å². The van der Waals surface area contributed by atoms with Gasteiger partial charge in [0.1, 0.15) is 10.6 Å². The number of carbonyl (C=O) groups excluding carboxylic acids is 1. The molecule has 1 heterocycles. The summed E-state index contributed by atoms with van der Waals surface area (Å²) < 4.78 is 27.2. The molecule has 0 saturated carbocycles. The lowest BCUT2D eigenvalue weighted by atomic mass is 9.96. The first-order chi connectivity index (χ1) is 10.9. The zero-order valence-electron chi connectivity index (χ0n) is 15.2. The van der Waals surface area contributed by atoms with E-state index in [0.717, 1.165) is 4.31 Å². The maximum Gasteiger partial charge on any atom is 0.285 e. The highest BCUT2D eigenvalue weighted by Crippen LogP contribution is 2.38. The second-order valence-corrected chi connectivity index (χ2v) is 9.95. The number of carbonyl (C=O) groups is 1. The SMILES string of the molecule is CC(C)(C)CNC1=C(c2ccccc2)S(=O)(=O)N(C(C)(C)C)C1=O. The predicted octanol–water partition coefficient (Wildman–Crippen LogP) is 2.96. The smallest absolute Gasteiger partial charge is 0.285 e. The molecule has 6 heteroatoms. The molecule has 5 nitrogen and oxygen atoms in total. The van der Waals surface area contributed by atoms with Crippen molar-refractivity contribution in [3.8, 4) is 0 Å². The molecule has 0 bridgehead atoms. The minimum atomic E-state index is -3.90. The van der Waals surface area contributed by atoms with Gasteiger partial charge in [0, 0.05) is 6.54 Å². The van der Waals surface area contributed by atoms with Crippen molar-refractivity contribution >= 4 is 20.8 Å². The number of benzene rings is 1. The zero-order valence-corrected chi connectivity index (χ0v) is 16.0. The molecule has 0 aromatic heterocycles. The molecule has 0 radical (unpaired) electrons. The molecule has 0 unspecified atom stereocenters. The van der Waals surface area contributed by atoms with Crippen molar-refractivity contribution in [3.63, 3.8) is 0 Å². The number of amides is 1. The van der Waals surface area contributed by atoms with Gasteiger partial charge in [-0.15, -0.1) is 0 Å². The van der Waals surface area contributed by atoms with Crippen molar-refractivity contribution in [1.82, 2.24) is 9.62 Å². The van der Waals surface area contributed by atoms with E-state index < -0.39 is 21.5 Å². The Kier molecular flexibility index (Phi) is 4.57. The van der Waals surface area contributed by atoms with E-state index in [4.69, 9.17) is 0 Å². The molecule has 0 spiro atoms. The maximum absolute atomic E-state index is 13.1. The molecule has 0 aliphatic carbocycles. The Morgan fingerprint density at radius 1 is 1.00 bits per heavy atom. The topological polar surface area (TPSA) is 66.5 Å². The van der Waals surface area contributed by atoms with Gasteiger partial charge in [0.2, 0.25) is 0 Å². The summed E-state index contributed by atoms with van der Waals surface area (Å²) in [7, 11) is -3.90. The molecule has 1 aliphatic heterocycles. The Bertz CT molecular complexity index is 767. The van der Waals surface area contributed by atoms with Gasteiger partial charge in [-0.2, -0.15) is 0 Å². The highest BCUT2D eigenvalue weighted by atomic mass is 32.2. The number of hydrogen-bond donors (Lipinski definition) is 1. The van der Waals surface area contributed by atoms with Gasteiger partial charge in [0.05, 0.1) is 5.54 Å². The maximum atomic E-state index is 13.1. The molecular formula is C18H26N2O3S. The van der Waals surface area contributed by atoms with E-state index in [1.807, 2.05) is 26.8 Å². The van der Waals surface area contributed by atoms with Crippen molar-refractivity contribution in [1.29, 1.82) is 0 Å². The molecule has 1 aliphatic rings. The van der Waals surface area contributed by atoms with E-state index >= 15 is 0 Å². The zero-order chi connectivity index (χ0) is 18.3. The first-order valence-corrected chi connectivity index (χ1v) is 9.43. The monoisotopic (exact) mass is 350 g/mol. The van der Waals surface area contributed by atoms with Crippen LogP contribution in [-0.2, 0) is 14.8 Å². The predicted molar refractivity (Wildman–Crippen MR) is 96.3 cm³/mol. The summed E-state index contributed by atoms with van der Waals surface area (Å²) in [5.74, 6) is -0.495. The fourth-order valence-corrected chi connectivity index (χ4v) is 4.65. The summed E-state index contributed by atoms with van der Waals surface area (Å²) in [6.07, 6.45) is 0. The van der Waals surface area contributed by atoms with Gasteiger partial charge in [0.25, 0.3) is 15.9 Å². The molecule has 1 N–H and O–H groups in total. The van der Waals surface area contributed by atoms with E-state index in [9.17, 15) is 13.2 Å². The lowest BCUT2D eigenvalue weighted by molar-refractivity contribution is -0.125. The molecular weight excluding hydrogens is 324 g/mol. The average Bonchev–Trinajstić information content (AvgIpc) is 2.61. The quantitative estimate of drug-likeness (QED) is 0.910. The highest BCUT2D eigenvalue weighted by molar-refractivity contribution is 7.99. The van der Waals surface area contributed by atoms with Crippen LogP contribution in [0.2, 0.25) is 0 Å². The lowest BCUT2D eigenvalue weighted by Crippen LogP contribution is -2.47. The van der Waals surface area contributed by atoms with E-state index in [2.05, 4.69) is 5.32 Å². The van der Waals surface area contributed by atoms with Crippen LogP contribution < -0.4 is 5.32 Å². The average molecular weight is 350 g/mol. The van der Waals surface area contributed by atoms with Crippen LogP contribution in [0.5, 0.6) is 0 Å². The Hall–Kier alpha value is -1.82. The number of sulfonamides is 1. The van der Waals surface area contributed by atoms with Gasteiger partial charge >= 0.3 is 0 Å². The Morgan fingerprint density at radius 3 is 2.00 bits per heavy atom. The Morgan fingerprint density at radius 2 is 1.54 bits per heavy atom. The third-order valence-electron chi connectivity index (χ3n) is 3.56. The second-order valence-electron chi connectivity index (χ2n) is 8.23. The first-order valence-electron chi connectivity index (χ1n) is 7.99. The minimum absolute atomic E-state index is 0.0623. The fourth-order valence-electron chi connectivity index (χ4n) is 2.59. The van der Waals surface area contributed by atoms with Gasteiger partial charge < -0.3 is 5.32 Å². The third kappa shape index (κ3) is 3.48. The van der Waals surface area contributed by atoms with Gasteiger partial charge in [-0.05, 0) is 31.7 Å². The van der Waals surface area contributed by atoms with E-state index in [0.29, 0.717) is 12.1 Å². The van der Waals surface area contributed by atoms with Gasteiger partial charge in [0.15, 0.2) is 0 Å². The van der Waals surface area contributed by atoms with Crippen LogP contribution in [0.15, 0.2) is 36.0 Å². The molecule has 1 aromatic rings. The molecule has 0 fully saturated rings. The van der Waals surface area contributed by atoms with Crippen molar-refractivity contribution in [3.05, 3.63) is 41.6 Å². The van der Waals surface area contributed by atoms with E-state index in [-0.39, 0.29) is 16.0 Å². The van der Waals surface area contributed by atoms with Crippen molar-refractivity contribution in [2.75, 3.05) is 6.54 Å². The van der Waals surface area contributed by atoms with Crippen LogP contribution in [0.1, 0.15) is 47.1 Å². The van der Waals surface area contributed by atoms with Crippen molar-refractivity contribution in [2.45, 2.75) is 47.1 Å². The molecule has 1 aromatic carbocycles. The third-order valence-corrected chi connectivity index (χ3v) is 5.71. The van der Waals surface area contributed by atoms with E-state index in [1.54, 1.807) is 45.0 Å². The van der Waals surface area contributed by atoms with Crippen molar-refractivity contribution in [2.24, 2.45) is 5.41 Å². The summed E-state index contributed by atoms with van der Waals surface area (Å²) in [6, 6.07) is 8.78. The molecule has 0 saturated heterocycles. The summed E-state index contributed by atoms with van der Waals surface area (Å²) in [5, 5.41) is 3.09. The second kappa shape index (κ2) is 5.92. The van der Waals surface area contributed by atoms with Crippen LogP contribution >= 0.6 is 0 Å². The number of nitrogens with zero attached hydrogens (tertiary/aromatic N) is 1. The van der Waals surface area contributed by atoms with E-state index in [1.165, 1.54) is 0 Å². The highest BCUT2D eigenvalue weighted by Gasteiger charge is 2.49. The standard InChI is InChI=1S/C18H26N2O3S/c1-17(2,3)12-19-14-15(13-10-8-7-9-11-13)24(22,23)20(16(14)21)18(4,5)6/h7-11,19H,12H2,1-6H3. The molecule has 2 rings (SSSR count). The summed E-state index contributed by atoms with van der Waals surface area (Å²) in [5.41, 5.74) is -0.241. The number of nitrogens with one attached hydrogen (secondary N) is 1. The first kappa shape index (κ1) is 18.5. The van der Waals surface area contributed by atoms with Crippen LogP contribution in [-0.4, -0.2) is 30.7 Å². The minimum Gasteiger partial charge on any atom is -0.379 e. The molecule has 132 valence electrons. The Balaban J connectivity index is 2.63. The van der Waals surface area contributed by atoms with Gasteiger partial charge in [-0.3, -0.25) is 4.79 Å². The fraction of sp³-hybridized carbons (Fsp3) is 0.500. The lowest BCUT2D eigenvalue weighted by Gasteiger charge is -2.30. The molecule has 1 amide bonds. The van der Waals surface area contributed by atoms with Crippen LogP contribution in [0.4, 0.5) is 0 Å². The Labute approximate surface area is 144 Å². The molecule has 24 heavy (non-hydrogen) atoms.